The maximum absolute atomic E-state index is 10.7. The molecule has 5 nitrogen and oxygen atoms in total. The number of rotatable bonds is 5. The zero-order chi connectivity index (χ0) is 10.5. The van der Waals surface area contributed by atoms with Crippen molar-refractivity contribution in [3.8, 4) is 0 Å². The van der Waals surface area contributed by atoms with Crippen molar-refractivity contribution in [3.63, 3.8) is 0 Å². The van der Waals surface area contributed by atoms with Gasteiger partial charge in [0.05, 0.1) is 12.4 Å². The summed E-state index contributed by atoms with van der Waals surface area (Å²) in [4.78, 5) is 10.4. The highest BCUT2D eigenvalue weighted by Crippen LogP contribution is 2.05. The van der Waals surface area contributed by atoms with E-state index in [0.717, 1.165) is 0 Å². The summed E-state index contributed by atoms with van der Waals surface area (Å²) in [5.74, 6) is -0.761. The summed E-state index contributed by atoms with van der Waals surface area (Å²) in [7, 11) is -3.47. The first kappa shape index (κ1) is 12.4. The van der Waals surface area contributed by atoms with E-state index in [2.05, 4.69) is 4.74 Å². The summed E-state index contributed by atoms with van der Waals surface area (Å²) >= 11 is 0. The van der Waals surface area contributed by atoms with E-state index in [0.29, 0.717) is 6.42 Å². The molecule has 1 atom stereocenters. The molecule has 0 spiro atoms. The molecular formula is C7H15NO4S. The average molecular weight is 209 g/mol. The lowest BCUT2D eigenvalue weighted by Gasteiger charge is -2.12. The van der Waals surface area contributed by atoms with Gasteiger partial charge in [0.25, 0.3) is 0 Å². The largest absolute Gasteiger partial charge is 0.466 e. The summed E-state index contributed by atoms with van der Waals surface area (Å²) < 4.78 is 26.0. The Hall–Kier alpha value is -0.620. The van der Waals surface area contributed by atoms with E-state index in [1.54, 1.807) is 0 Å². The van der Waals surface area contributed by atoms with E-state index in [-0.39, 0.29) is 18.3 Å². The number of carbonyl (C=O) groups excluding carboxylic acids is 1. The van der Waals surface area contributed by atoms with Gasteiger partial charge < -0.3 is 4.74 Å². The van der Waals surface area contributed by atoms with Gasteiger partial charge in [-0.2, -0.15) is 0 Å². The standard InChI is InChI=1S/C7H15NO4S/c1-3-7(4-12-6(2)9)5-13(8,10)11/h7H,3-5H2,1-2H3,(H2,8,10,11). The van der Waals surface area contributed by atoms with Crippen LogP contribution >= 0.6 is 0 Å². The number of primary sulfonamides is 1. The number of hydrogen-bond acceptors (Lipinski definition) is 4. The van der Waals surface area contributed by atoms with Gasteiger partial charge in [0.2, 0.25) is 10.0 Å². The van der Waals surface area contributed by atoms with Gasteiger partial charge in [0, 0.05) is 12.8 Å². The molecule has 0 fully saturated rings. The van der Waals surface area contributed by atoms with Crippen LogP contribution in [0.3, 0.4) is 0 Å². The highest BCUT2D eigenvalue weighted by Gasteiger charge is 2.15. The lowest BCUT2D eigenvalue weighted by atomic mass is 10.1. The van der Waals surface area contributed by atoms with Crippen LogP contribution in [0.5, 0.6) is 0 Å². The average Bonchev–Trinajstić information content (AvgIpc) is 1.95. The minimum absolute atomic E-state index is 0.113. The van der Waals surface area contributed by atoms with Crippen LogP contribution in [0.1, 0.15) is 20.3 Å². The van der Waals surface area contributed by atoms with E-state index < -0.39 is 16.0 Å². The Morgan fingerprint density at radius 1 is 1.54 bits per heavy atom. The van der Waals surface area contributed by atoms with Crippen molar-refractivity contribution in [2.24, 2.45) is 11.1 Å². The van der Waals surface area contributed by atoms with Crippen LogP contribution in [0.25, 0.3) is 0 Å². The number of nitrogens with two attached hydrogens (primary N) is 1. The van der Waals surface area contributed by atoms with E-state index in [9.17, 15) is 13.2 Å². The summed E-state index contributed by atoms with van der Waals surface area (Å²) in [5.41, 5.74) is 0. The lowest BCUT2D eigenvalue weighted by molar-refractivity contribution is -0.142. The zero-order valence-electron chi connectivity index (χ0n) is 7.82. The fourth-order valence-electron chi connectivity index (χ4n) is 0.848. The molecular weight excluding hydrogens is 194 g/mol. The highest BCUT2D eigenvalue weighted by molar-refractivity contribution is 7.89. The van der Waals surface area contributed by atoms with Gasteiger partial charge in [-0.25, -0.2) is 13.6 Å². The predicted molar refractivity (Wildman–Crippen MR) is 48.4 cm³/mol. The molecule has 0 aliphatic rings. The topological polar surface area (TPSA) is 86.5 Å². The molecule has 6 heteroatoms. The van der Waals surface area contributed by atoms with Crippen LogP contribution in [-0.2, 0) is 19.6 Å². The van der Waals surface area contributed by atoms with Crippen molar-refractivity contribution in [2.45, 2.75) is 20.3 Å². The predicted octanol–water partition coefficient (Wildman–Crippen LogP) is -0.136. The number of carbonyl (C=O) groups is 1. The van der Waals surface area contributed by atoms with E-state index in [1.807, 2.05) is 6.92 Å². The van der Waals surface area contributed by atoms with Crippen molar-refractivity contribution in [2.75, 3.05) is 12.4 Å². The SMILES string of the molecule is CCC(COC(C)=O)CS(N)(=O)=O. The molecule has 0 radical (unpaired) electrons. The number of ether oxygens (including phenoxy) is 1. The van der Waals surface area contributed by atoms with Gasteiger partial charge in [0.1, 0.15) is 0 Å². The van der Waals surface area contributed by atoms with Crippen LogP contribution < -0.4 is 5.14 Å². The Balaban J connectivity index is 3.98. The van der Waals surface area contributed by atoms with Gasteiger partial charge in [-0.15, -0.1) is 0 Å². The number of hydrogen-bond donors (Lipinski definition) is 1. The zero-order valence-corrected chi connectivity index (χ0v) is 8.63. The number of sulfonamides is 1. The molecule has 1 unspecified atom stereocenters. The molecule has 0 saturated carbocycles. The van der Waals surface area contributed by atoms with Crippen LogP contribution in [0.15, 0.2) is 0 Å². The first-order valence-electron chi connectivity index (χ1n) is 3.99. The number of esters is 1. The highest BCUT2D eigenvalue weighted by atomic mass is 32.2. The van der Waals surface area contributed by atoms with Crippen molar-refractivity contribution in [1.29, 1.82) is 0 Å². The van der Waals surface area contributed by atoms with Gasteiger partial charge >= 0.3 is 5.97 Å². The fourth-order valence-corrected chi connectivity index (χ4v) is 1.84. The van der Waals surface area contributed by atoms with E-state index in [4.69, 9.17) is 5.14 Å². The molecule has 0 aromatic carbocycles. The molecule has 0 aliphatic heterocycles. The maximum Gasteiger partial charge on any atom is 0.302 e. The van der Waals surface area contributed by atoms with Crippen molar-refractivity contribution in [3.05, 3.63) is 0 Å². The third kappa shape index (κ3) is 7.73. The normalized spacial score (nSPS) is 13.8. The second-order valence-electron chi connectivity index (χ2n) is 2.91. The Bertz CT molecular complexity index is 260. The molecule has 0 aromatic rings. The first-order chi connectivity index (χ1) is 5.85. The van der Waals surface area contributed by atoms with E-state index >= 15 is 0 Å². The molecule has 0 aromatic heterocycles. The Labute approximate surface area is 78.3 Å². The molecule has 0 amide bonds. The van der Waals surface area contributed by atoms with Crippen molar-refractivity contribution >= 4 is 16.0 Å². The van der Waals surface area contributed by atoms with Gasteiger partial charge in [-0.1, -0.05) is 6.92 Å². The van der Waals surface area contributed by atoms with E-state index in [1.165, 1.54) is 6.92 Å². The van der Waals surface area contributed by atoms with Gasteiger partial charge in [0.15, 0.2) is 0 Å². The molecule has 13 heavy (non-hydrogen) atoms. The molecule has 0 rings (SSSR count). The lowest BCUT2D eigenvalue weighted by Crippen LogP contribution is -2.26. The fraction of sp³-hybridized carbons (Fsp3) is 0.857. The summed E-state index contributed by atoms with van der Waals surface area (Å²) in [6, 6.07) is 0. The monoisotopic (exact) mass is 209 g/mol. The molecule has 0 heterocycles. The van der Waals surface area contributed by atoms with Crippen LogP contribution in [0.4, 0.5) is 0 Å². The molecule has 78 valence electrons. The summed E-state index contributed by atoms with van der Waals surface area (Å²) in [5, 5.41) is 4.85. The maximum atomic E-state index is 10.7. The quantitative estimate of drug-likeness (QED) is 0.639. The summed E-state index contributed by atoms with van der Waals surface area (Å²) in [6.45, 7) is 3.21. The van der Waals surface area contributed by atoms with Gasteiger partial charge in [-0.3, -0.25) is 4.79 Å². The Morgan fingerprint density at radius 2 is 2.08 bits per heavy atom. The third-order valence-corrected chi connectivity index (χ3v) is 2.50. The van der Waals surface area contributed by atoms with Crippen LogP contribution in [0, 0.1) is 5.92 Å². The second kappa shape index (κ2) is 5.18. The van der Waals surface area contributed by atoms with Gasteiger partial charge in [-0.05, 0) is 6.42 Å². The Kier molecular flexibility index (Phi) is 4.94. The van der Waals surface area contributed by atoms with Crippen molar-refractivity contribution < 1.29 is 17.9 Å². The second-order valence-corrected chi connectivity index (χ2v) is 4.57. The first-order valence-corrected chi connectivity index (χ1v) is 5.70. The minimum Gasteiger partial charge on any atom is -0.466 e. The molecule has 0 aliphatic carbocycles. The minimum atomic E-state index is -3.47. The smallest absolute Gasteiger partial charge is 0.302 e. The Morgan fingerprint density at radius 3 is 2.38 bits per heavy atom. The third-order valence-electron chi connectivity index (χ3n) is 1.57. The molecule has 0 saturated heterocycles. The molecule has 0 bridgehead atoms. The van der Waals surface area contributed by atoms with Crippen LogP contribution in [-0.4, -0.2) is 26.7 Å². The van der Waals surface area contributed by atoms with Crippen LogP contribution in [0.2, 0.25) is 0 Å². The van der Waals surface area contributed by atoms with Crippen molar-refractivity contribution in [1.82, 2.24) is 0 Å². The molecule has 2 N–H and O–H groups in total. The summed E-state index contributed by atoms with van der Waals surface area (Å²) in [6.07, 6.45) is 0.615.